The van der Waals surface area contributed by atoms with Gasteiger partial charge in [-0.2, -0.15) is 5.10 Å². The predicted molar refractivity (Wildman–Crippen MR) is 89.5 cm³/mol. The molecule has 2 heterocycles. The normalized spacial score (nSPS) is 11.0. The molecular weight excluding hydrogens is 270 g/mol. The minimum atomic E-state index is 1.01. The molecule has 4 rings (SSSR count). The van der Waals surface area contributed by atoms with Crippen molar-refractivity contribution >= 4 is 10.9 Å². The number of nitrogens with zero attached hydrogens (tertiary/aromatic N) is 2. The first-order valence-electron chi connectivity index (χ1n) is 7.28. The van der Waals surface area contributed by atoms with Gasteiger partial charge in [-0.3, -0.25) is 5.10 Å². The second-order valence-electron chi connectivity index (χ2n) is 5.40. The van der Waals surface area contributed by atoms with E-state index in [0.29, 0.717) is 0 Å². The third kappa shape index (κ3) is 2.17. The largest absolute Gasteiger partial charge is 0.278 e. The molecule has 2 aromatic carbocycles. The monoisotopic (exact) mass is 285 g/mol. The average Bonchev–Trinajstić information content (AvgIpc) is 3.09. The van der Waals surface area contributed by atoms with E-state index in [2.05, 4.69) is 59.6 Å². The quantitative estimate of drug-likeness (QED) is 0.584. The first-order chi connectivity index (χ1) is 10.8. The van der Waals surface area contributed by atoms with Crippen molar-refractivity contribution in [2.45, 2.75) is 6.92 Å². The Hall–Kier alpha value is -2.94. The molecule has 0 radical (unpaired) electrons. The Bertz CT molecular complexity index is 940. The van der Waals surface area contributed by atoms with E-state index in [1.165, 1.54) is 10.9 Å². The van der Waals surface area contributed by atoms with Crippen molar-refractivity contribution in [3.8, 4) is 22.5 Å². The number of hydrogen-bond donors (Lipinski definition) is 1. The zero-order valence-corrected chi connectivity index (χ0v) is 12.2. The molecule has 3 heteroatoms. The molecule has 0 atom stereocenters. The number of hydrogen-bond acceptors (Lipinski definition) is 2. The van der Waals surface area contributed by atoms with Crippen LogP contribution in [0.1, 0.15) is 5.56 Å². The minimum Gasteiger partial charge on any atom is -0.278 e. The first kappa shape index (κ1) is 12.8. The second-order valence-corrected chi connectivity index (χ2v) is 5.40. The Labute approximate surface area is 128 Å². The lowest BCUT2D eigenvalue weighted by Crippen LogP contribution is -1.90. The van der Waals surface area contributed by atoms with Crippen molar-refractivity contribution in [2.24, 2.45) is 0 Å². The van der Waals surface area contributed by atoms with Gasteiger partial charge in [-0.15, -0.1) is 0 Å². The molecule has 0 unspecified atom stereocenters. The van der Waals surface area contributed by atoms with Crippen molar-refractivity contribution in [3.05, 3.63) is 72.4 Å². The standard InChI is InChI=1S/C19H15N3/c1-13-11-14-5-2-3-8-17(14)21-19(13)16-7-4-6-15(12-16)18-9-10-20-22-18/h2-12H,1H3,(H,20,22). The molecule has 0 aliphatic rings. The molecule has 0 aliphatic carbocycles. The van der Waals surface area contributed by atoms with Gasteiger partial charge in [0.1, 0.15) is 0 Å². The van der Waals surface area contributed by atoms with E-state index in [-0.39, 0.29) is 0 Å². The van der Waals surface area contributed by atoms with Crippen LogP contribution in [-0.2, 0) is 0 Å². The van der Waals surface area contributed by atoms with E-state index in [1.54, 1.807) is 6.20 Å². The molecule has 1 N–H and O–H groups in total. The number of aromatic amines is 1. The summed E-state index contributed by atoms with van der Waals surface area (Å²) in [5.41, 5.74) is 6.48. The number of para-hydroxylation sites is 1. The van der Waals surface area contributed by atoms with Crippen LogP contribution in [0.5, 0.6) is 0 Å². The molecule has 2 aromatic heterocycles. The van der Waals surface area contributed by atoms with Crippen LogP contribution in [0, 0.1) is 6.92 Å². The van der Waals surface area contributed by atoms with Crippen LogP contribution in [0.25, 0.3) is 33.4 Å². The third-order valence-corrected chi connectivity index (χ3v) is 3.86. The fourth-order valence-electron chi connectivity index (χ4n) is 2.76. The van der Waals surface area contributed by atoms with E-state index in [0.717, 1.165) is 28.0 Å². The van der Waals surface area contributed by atoms with E-state index >= 15 is 0 Å². The zero-order chi connectivity index (χ0) is 14.9. The summed E-state index contributed by atoms with van der Waals surface area (Å²) in [5.74, 6) is 0. The van der Waals surface area contributed by atoms with E-state index in [9.17, 15) is 0 Å². The van der Waals surface area contributed by atoms with Gasteiger partial charge in [-0.25, -0.2) is 4.98 Å². The van der Waals surface area contributed by atoms with Crippen LogP contribution < -0.4 is 0 Å². The third-order valence-electron chi connectivity index (χ3n) is 3.86. The summed E-state index contributed by atoms with van der Waals surface area (Å²) in [5, 5.41) is 8.20. The summed E-state index contributed by atoms with van der Waals surface area (Å²) in [7, 11) is 0. The molecule has 0 saturated heterocycles. The molecule has 3 nitrogen and oxygen atoms in total. The maximum Gasteiger partial charge on any atom is 0.0739 e. The van der Waals surface area contributed by atoms with Crippen LogP contribution >= 0.6 is 0 Å². The van der Waals surface area contributed by atoms with Gasteiger partial charge in [0, 0.05) is 22.7 Å². The number of pyridine rings is 1. The SMILES string of the molecule is Cc1cc2ccccc2nc1-c1cccc(-c2ccn[nH]2)c1. The zero-order valence-electron chi connectivity index (χ0n) is 12.2. The maximum absolute atomic E-state index is 4.84. The number of aromatic nitrogens is 3. The lowest BCUT2D eigenvalue weighted by Gasteiger charge is -2.09. The Morgan fingerprint density at radius 3 is 2.59 bits per heavy atom. The van der Waals surface area contributed by atoms with Crippen molar-refractivity contribution < 1.29 is 0 Å². The van der Waals surface area contributed by atoms with Crippen molar-refractivity contribution in [1.82, 2.24) is 15.2 Å². The Morgan fingerprint density at radius 2 is 1.73 bits per heavy atom. The lowest BCUT2D eigenvalue weighted by atomic mass is 10.0. The average molecular weight is 285 g/mol. The van der Waals surface area contributed by atoms with E-state index in [4.69, 9.17) is 4.98 Å². The van der Waals surface area contributed by atoms with Crippen molar-refractivity contribution in [3.63, 3.8) is 0 Å². The van der Waals surface area contributed by atoms with Gasteiger partial charge in [0.2, 0.25) is 0 Å². The number of aryl methyl sites for hydroxylation is 1. The Balaban J connectivity index is 1.88. The second kappa shape index (κ2) is 5.11. The summed E-state index contributed by atoms with van der Waals surface area (Å²) in [6.45, 7) is 2.11. The molecule has 106 valence electrons. The van der Waals surface area contributed by atoms with Crippen LogP contribution in [0.2, 0.25) is 0 Å². The van der Waals surface area contributed by atoms with Crippen LogP contribution in [-0.4, -0.2) is 15.2 Å². The molecule has 0 saturated carbocycles. The van der Waals surface area contributed by atoms with Crippen molar-refractivity contribution in [2.75, 3.05) is 0 Å². The topological polar surface area (TPSA) is 41.6 Å². The number of nitrogens with one attached hydrogen (secondary N) is 1. The summed E-state index contributed by atoms with van der Waals surface area (Å²) in [6.07, 6.45) is 1.77. The highest BCUT2D eigenvalue weighted by Gasteiger charge is 2.08. The van der Waals surface area contributed by atoms with Gasteiger partial charge >= 0.3 is 0 Å². The highest BCUT2D eigenvalue weighted by atomic mass is 15.1. The van der Waals surface area contributed by atoms with E-state index in [1.807, 2.05) is 18.2 Å². The summed E-state index contributed by atoms with van der Waals surface area (Å²) in [4.78, 5) is 4.84. The van der Waals surface area contributed by atoms with Gasteiger partial charge in [0.25, 0.3) is 0 Å². The first-order valence-corrected chi connectivity index (χ1v) is 7.28. The van der Waals surface area contributed by atoms with Gasteiger partial charge < -0.3 is 0 Å². The molecular formula is C19H15N3. The smallest absolute Gasteiger partial charge is 0.0739 e. The maximum atomic E-state index is 4.84. The molecule has 22 heavy (non-hydrogen) atoms. The summed E-state index contributed by atoms with van der Waals surface area (Å²) in [6, 6.07) is 20.8. The fourth-order valence-corrected chi connectivity index (χ4v) is 2.76. The number of benzene rings is 2. The highest BCUT2D eigenvalue weighted by molar-refractivity contribution is 5.83. The number of fused-ring (bicyclic) bond motifs is 1. The summed E-state index contributed by atoms with van der Waals surface area (Å²) >= 11 is 0. The molecule has 0 spiro atoms. The van der Waals surface area contributed by atoms with Gasteiger partial charge in [0.05, 0.1) is 16.9 Å². The molecule has 0 fully saturated rings. The summed E-state index contributed by atoms with van der Waals surface area (Å²) < 4.78 is 0. The van der Waals surface area contributed by atoms with Gasteiger partial charge in [0.15, 0.2) is 0 Å². The van der Waals surface area contributed by atoms with Crippen molar-refractivity contribution in [1.29, 1.82) is 0 Å². The molecule has 0 bridgehead atoms. The van der Waals surface area contributed by atoms with Gasteiger partial charge in [-0.1, -0.05) is 36.4 Å². The highest BCUT2D eigenvalue weighted by Crippen LogP contribution is 2.28. The van der Waals surface area contributed by atoms with Crippen LogP contribution in [0.4, 0.5) is 0 Å². The van der Waals surface area contributed by atoms with Crippen LogP contribution in [0.3, 0.4) is 0 Å². The number of H-pyrrole nitrogens is 1. The van der Waals surface area contributed by atoms with Crippen LogP contribution in [0.15, 0.2) is 66.9 Å². The Morgan fingerprint density at radius 1 is 0.864 bits per heavy atom. The fraction of sp³-hybridized carbons (Fsp3) is 0.0526. The molecule has 0 amide bonds. The molecule has 0 aliphatic heterocycles. The number of rotatable bonds is 2. The Kier molecular flexibility index (Phi) is 2.97. The minimum absolute atomic E-state index is 1.01. The van der Waals surface area contributed by atoms with E-state index < -0.39 is 0 Å². The lowest BCUT2D eigenvalue weighted by molar-refractivity contribution is 1.10. The molecule has 4 aromatic rings. The predicted octanol–water partition coefficient (Wildman–Crippen LogP) is 4.60. The van der Waals surface area contributed by atoms with Gasteiger partial charge in [-0.05, 0) is 36.8 Å².